The van der Waals surface area contributed by atoms with Gasteiger partial charge < -0.3 is 33.5 Å². The molecule has 0 aromatic carbocycles. The molecule has 0 rings (SSSR count). The van der Waals surface area contributed by atoms with Crippen LogP contribution in [0, 0.1) is 0 Å². The molecule has 0 radical (unpaired) electrons. The molecule has 0 aliphatic carbocycles. The molecule has 170 valence electrons. The zero-order valence-corrected chi connectivity index (χ0v) is 15.7. The standard InChI is InChI=1S/C16H29F5O7/c17-15(18,16(19,20)21)1-3-23-5-7-25-9-11-27-13-14-28-12-10-26-8-6-24-4-2-22/h22H,1-14H2. The summed E-state index contributed by atoms with van der Waals surface area (Å²) in [7, 11) is 0. The highest BCUT2D eigenvalue weighted by Crippen LogP contribution is 2.37. The Kier molecular flexibility index (Phi) is 16.9. The monoisotopic (exact) mass is 428 g/mol. The minimum atomic E-state index is -5.56. The van der Waals surface area contributed by atoms with Crippen molar-refractivity contribution in [1.29, 1.82) is 0 Å². The first-order valence-electron chi connectivity index (χ1n) is 8.83. The van der Waals surface area contributed by atoms with E-state index in [1.54, 1.807) is 0 Å². The van der Waals surface area contributed by atoms with Crippen LogP contribution >= 0.6 is 0 Å². The largest absolute Gasteiger partial charge is 0.453 e. The van der Waals surface area contributed by atoms with Gasteiger partial charge in [-0.1, -0.05) is 0 Å². The first-order chi connectivity index (χ1) is 13.3. The highest BCUT2D eigenvalue weighted by Gasteiger charge is 2.56. The molecule has 0 fully saturated rings. The van der Waals surface area contributed by atoms with Gasteiger partial charge in [0.25, 0.3) is 0 Å². The molecule has 0 aromatic heterocycles. The lowest BCUT2D eigenvalue weighted by atomic mass is 10.2. The molecular formula is C16H29F5O7. The van der Waals surface area contributed by atoms with Crippen molar-refractivity contribution in [3.63, 3.8) is 0 Å². The molecule has 28 heavy (non-hydrogen) atoms. The van der Waals surface area contributed by atoms with Crippen molar-refractivity contribution in [1.82, 2.24) is 0 Å². The fraction of sp³-hybridized carbons (Fsp3) is 1.00. The molecule has 12 heteroatoms. The summed E-state index contributed by atoms with van der Waals surface area (Å²) in [5.41, 5.74) is 0. The van der Waals surface area contributed by atoms with Crippen LogP contribution in [0.4, 0.5) is 22.0 Å². The molecule has 1 N–H and O–H groups in total. The molecule has 0 heterocycles. The Morgan fingerprint density at radius 2 is 0.750 bits per heavy atom. The predicted octanol–water partition coefficient (Wildman–Crippen LogP) is 1.67. The fourth-order valence-electron chi connectivity index (χ4n) is 1.61. The summed E-state index contributed by atoms with van der Waals surface area (Å²) in [5, 5.41) is 8.48. The van der Waals surface area contributed by atoms with E-state index in [4.69, 9.17) is 28.8 Å². The molecule has 0 aliphatic rings. The van der Waals surface area contributed by atoms with Crippen LogP contribution in [0.15, 0.2) is 0 Å². The zero-order chi connectivity index (χ0) is 21.1. The third-order valence-corrected chi connectivity index (χ3v) is 3.07. The van der Waals surface area contributed by atoms with Gasteiger partial charge in [0, 0.05) is 6.42 Å². The molecular weight excluding hydrogens is 399 g/mol. The van der Waals surface area contributed by atoms with Crippen LogP contribution < -0.4 is 0 Å². The summed E-state index contributed by atoms with van der Waals surface area (Å²) in [4.78, 5) is 0. The number of alkyl halides is 5. The van der Waals surface area contributed by atoms with Crippen LogP contribution in [-0.4, -0.2) is 103 Å². The number of hydrogen-bond donors (Lipinski definition) is 1. The molecule has 0 unspecified atom stereocenters. The maximum absolute atomic E-state index is 12.6. The van der Waals surface area contributed by atoms with E-state index in [0.717, 1.165) is 0 Å². The molecule has 0 spiro atoms. The van der Waals surface area contributed by atoms with Crippen LogP contribution in [0.1, 0.15) is 6.42 Å². The third kappa shape index (κ3) is 16.3. The van der Waals surface area contributed by atoms with Crippen LogP contribution in [0.5, 0.6) is 0 Å². The number of aliphatic hydroxyl groups excluding tert-OH is 1. The van der Waals surface area contributed by atoms with Crippen LogP contribution in [-0.2, 0) is 28.4 Å². The molecule has 0 aromatic rings. The molecule has 7 nitrogen and oxygen atoms in total. The van der Waals surface area contributed by atoms with Crippen molar-refractivity contribution in [3.05, 3.63) is 0 Å². The smallest absolute Gasteiger partial charge is 0.394 e. The quantitative estimate of drug-likeness (QED) is 0.234. The predicted molar refractivity (Wildman–Crippen MR) is 87.6 cm³/mol. The van der Waals surface area contributed by atoms with E-state index in [9.17, 15) is 22.0 Å². The summed E-state index contributed by atoms with van der Waals surface area (Å²) >= 11 is 0. The van der Waals surface area contributed by atoms with Gasteiger partial charge in [0.15, 0.2) is 0 Å². The number of ether oxygens (including phenoxy) is 6. The molecule has 0 atom stereocenters. The SMILES string of the molecule is OCCOCCOCCOCCOCCOCCOCCC(F)(F)C(F)(F)F. The van der Waals surface area contributed by atoms with E-state index in [-0.39, 0.29) is 39.6 Å². The average Bonchev–Trinajstić information content (AvgIpc) is 2.62. The molecule has 0 amide bonds. The van der Waals surface area contributed by atoms with Crippen molar-refractivity contribution in [2.24, 2.45) is 0 Å². The van der Waals surface area contributed by atoms with Gasteiger partial charge in [-0.25, -0.2) is 0 Å². The minimum Gasteiger partial charge on any atom is -0.394 e. The second-order valence-electron chi connectivity index (χ2n) is 5.35. The zero-order valence-electron chi connectivity index (χ0n) is 15.7. The van der Waals surface area contributed by atoms with Gasteiger partial charge in [-0.15, -0.1) is 0 Å². The first-order valence-corrected chi connectivity index (χ1v) is 8.83. The number of halogens is 5. The Morgan fingerprint density at radius 3 is 1.04 bits per heavy atom. The Balaban J connectivity index is 3.18. The van der Waals surface area contributed by atoms with Crippen LogP contribution in [0.3, 0.4) is 0 Å². The van der Waals surface area contributed by atoms with Gasteiger partial charge >= 0.3 is 12.1 Å². The van der Waals surface area contributed by atoms with Gasteiger partial charge in [0.2, 0.25) is 0 Å². The number of aliphatic hydroxyl groups is 1. The summed E-state index contributed by atoms with van der Waals surface area (Å²) in [6, 6.07) is 0. The minimum absolute atomic E-state index is 0.0191. The maximum atomic E-state index is 12.6. The maximum Gasteiger partial charge on any atom is 0.453 e. The topological polar surface area (TPSA) is 75.6 Å². The van der Waals surface area contributed by atoms with Crippen molar-refractivity contribution in [2.45, 2.75) is 18.5 Å². The Bertz CT molecular complexity index is 346. The lowest BCUT2D eigenvalue weighted by Gasteiger charge is -2.19. The average molecular weight is 428 g/mol. The van der Waals surface area contributed by atoms with Crippen molar-refractivity contribution in [3.8, 4) is 0 Å². The van der Waals surface area contributed by atoms with E-state index in [0.29, 0.717) is 39.6 Å². The molecule has 0 saturated carbocycles. The van der Waals surface area contributed by atoms with Gasteiger partial charge in [0.1, 0.15) is 0 Å². The normalized spacial score (nSPS) is 12.6. The molecule has 0 aliphatic heterocycles. The Hall–Kier alpha value is -0.630. The van der Waals surface area contributed by atoms with Gasteiger partial charge in [0.05, 0.1) is 85.9 Å². The summed E-state index contributed by atoms with van der Waals surface area (Å²) in [5.74, 6) is -4.75. The number of rotatable bonds is 20. The second-order valence-corrected chi connectivity index (χ2v) is 5.35. The summed E-state index contributed by atoms with van der Waals surface area (Å²) in [6.45, 7) is 2.46. The molecule has 0 saturated heterocycles. The Labute approximate surface area is 161 Å². The summed E-state index contributed by atoms with van der Waals surface area (Å²) < 4.78 is 91.3. The van der Waals surface area contributed by atoms with Gasteiger partial charge in [-0.3, -0.25) is 0 Å². The van der Waals surface area contributed by atoms with Crippen molar-refractivity contribution >= 4 is 0 Å². The molecule has 0 bridgehead atoms. The van der Waals surface area contributed by atoms with E-state index in [1.165, 1.54) is 0 Å². The van der Waals surface area contributed by atoms with E-state index < -0.39 is 25.1 Å². The van der Waals surface area contributed by atoms with Crippen molar-refractivity contribution in [2.75, 3.05) is 85.9 Å². The Morgan fingerprint density at radius 1 is 0.464 bits per heavy atom. The first kappa shape index (κ1) is 27.4. The highest BCUT2D eigenvalue weighted by atomic mass is 19.4. The lowest BCUT2D eigenvalue weighted by molar-refractivity contribution is -0.287. The van der Waals surface area contributed by atoms with Crippen molar-refractivity contribution < 1.29 is 55.5 Å². The van der Waals surface area contributed by atoms with Crippen LogP contribution in [0.2, 0.25) is 0 Å². The van der Waals surface area contributed by atoms with Gasteiger partial charge in [-0.2, -0.15) is 22.0 Å². The van der Waals surface area contributed by atoms with Crippen LogP contribution in [0.25, 0.3) is 0 Å². The van der Waals surface area contributed by atoms with Gasteiger partial charge in [-0.05, 0) is 0 Å². The number of hydrogen-bond acceptors (Lipinski definition) is 7. The van der Waals surface area contributed by atoms with E-state index in [2.05, 4.69) is 4.74 Å². The van der Waals surface area contributed by atoms with E-state index in [1.807, 2.05) is 0 Å². The third-order valence-electron chi connectivity index (χ3n) is 3.07. The second kappa shape index (κ2) is 17.2. The summed E-state index contributed by atoms with van der Waals surface area (Å²) in [6.07, 6.45) is -6.97. The van der Waals surface area contributed by atoms with E-state index >= 15 is 0 Å². The fourth-order valence-corrected chi connectivity index (χ4v) is 1.61. The lowest BCUT2D eigenvalue weighted by Crippen LogP contribution is -2.37. The highest BCUT2D eigenvalue weighted by molar-refractivity contribution is 4.74.